The Kier molecular flexibility index (Phi) is 7.68. The Bertz CT molecular complexity index is 1230. The Labute approximate surface area is 192 Å². The van der Waals surface area contributed by atoms with Gasteiger partial charge in [-0.3, -0.25) is 9.10 Å². The van der Waals surface area contributed by atoms with Gasteiger partial charge in [-0.15, -0.1) is 0 Å². The molecule has 8 nitrogen and oxygen atoms in total. The zero-order valence-electron chi connectivity index (χ0n) is 18.2. The summed E-state index contributed by atoms with van der Waals surface area (Å²) < 4.78 is 37.3. The molecule has 0 aromatic heterocycles. The van der Waals surface area contributed by atoms with Crippen LogP contribution in [-0.2, 0) is 26.1 Å². The molecule has 0 spiro atoms. The Hall–Kier alpha value is -3.85. The number of para-hydroxylation sites is 2. The van der Waals surface area contributed by atoms with E-state index in [9.17, 15) is 18.0 Å². The molecule has 0 saturated heterocycles. The fourth-order valence-corrected chi connectivity index (χ4v) is 4.27. The molecule has 0 unspecified atom stereocenters. The fourth-order valence-electron chi connectivity index (χ4n) is 3.03. The number of carbonyl (C=O) groups excluding carboxylic acids is 2. The van der Waals surface area contributed by atoms with Gasteiger partial charge in [0.2, 0.25) is 0 Å². The molecule has 172 valence electrons. The third kappa shape index (κ3) is 5.89. The number of hydrogen-bond donors (Lipinski definition) is 1. The first-order valence-electron chi connectivity index (χ1n) is 10.0. The number of esters is 1. The standard InChI is InChI=1S/C24H24N2O6S/c1-26(20-11-4-3-5-12-20)33(29,30)21-13-8-10-18(15-21)24(28)32-17-23(27)25-16-19-9-6-7-14-22(19)31-2/h3-15H,16-17H2,1-2H3,(H,25,27). The lowest BCUT2D eigenvalue weighted by Crippen LogP contribution is -2.29. The number of anilines is 1. The van der Waals surface area contributed by atoms with Gasteiger partial charge in [0.25, 0.3) is 15.9 Å². The number of amides is 1. The minimum atomic E-state index is -3.89. The summed E-state index contributed by atoms with van der Waals surface area (Å²) in [6.45, 7) is -0.297. The van der Waals surface area contributed by atoms with Crippen molar-refractivity contribution in [2.24, 2.45) is 0 Å². The van der Waals surface area contributed by atoms with Gasteiger partial charge in [-0.1, -0.05) is 42.5 Å². The highest BCUT2D eigenvalue weighted by atomic mass is 32.2. The van der Waals surface area contributed by atoms with Crippen molar-refractivity contribution in [3.63, 3.8) is 0 Å². The third-order valence-corrected chi connectivity index (χ3v) is 6.63. The quantitative estimate of drug-likeness (QED) is 0.485. The molecule has 0 fully saturated rings. The van der Waals surface area contributed by atoms with Gasteiger partial charge >= 0.3 is 5.97 Å². The van der Waals surface area contributed by atoms with Crippen LogP contribution in [0.1, 0.15) is 15.9 Å². The van der Waals surface area contributed by atoms with Crippen LogP contribution in [0.2, 0.25) is 0 Å². The van der Waals surface area contributed by atoms with Crippen LogP contribution in [0.3, 0.4) is 0 Å². The van der Waals surface area contributed by atoms with Gasteiger partial charge in [-0.05, 0) is 36.4 Å². The number of nitrogens with zero attached hydrogens (tertiary/aromatic N) is 1. The monoisotopic (exact) mass is 468 g/mol. The Balaban J connectivity index is 1.62. The van der Waals surface area contributed by atoms with E-state index in [-0.39, 0.29) is 17.0 Å². The predicted molar refractivity (Wildman–Crippen MR) is 124 cm³/mol. The van der Waals surface area contributed by atoms with E-state index in [1.165, 1.54) is 38.4 Å². The van der Waals surface area contributed by atoms with Crippen molar-refractivity contribution in [3.8, 4) is 5.75 Å². The van der Waals surface area contributed by atoms with Crippen LogP contribution in [0.4, 0.5) is 5.69 Å². The molecule has 0 bridgehead atoms. The van der Waals surface area contributed by atoms with Gasteiger partial charge in [-0.2, -0.15) is 0 Å². The van der Waals surface area contributed by atoms with E-state index in [0.717, 1.165) is 9.87 Å². The molecule has 0 aliphatic heterocycles. The van der Waals surface area contributed by atoms with E-state index in [1.54, 1.807) is 36.4 Å². The number of sulfonamides is 1. The van der Waals surface area contributed by atoms with Gasteiger partial charge in [-0.25, -0.2) is 13.2 Å². The number of methoxy groups -OCH3 is 1. The molecule has 0 saturated carbocycles. The average molecular weight is 469 g/mol. The van der Waals surface area contributed by atoms with Crippen LogP contribution in [0.15, 0.2) is 83.8 Å². The second-order valence-electron chi connectivity index (χ2n) is 7.00. The lowest BCUT2D eigenvalue weighted by molar-refractivity contribution is -0.124. The number of hydrogen-bond acceptors (Lipinski definition) is 6. The van der Waals surface area contributed by atoms with Crippen molar-refractivity contribution < 1.29 is 27.5 Å². The summed E-state index contributed by atoms with van der Waals surface area (Å²) >= 11 is 0. The van der Waals surface area contributed by atoms with E-state index in [1.807, 2.05) is 18.2 Å². The van der Waals surface area contributed by atoms with Crippen molar-refractivity contribution in [1.82, 2.24) is 5.32 Å². The molecular formula is C24H24N2O6S. The molecule has 3 aromatic carbocycles. The summed E-state index contributed by atoms with van der Waals surface area (Å²) in [5, 5.41) is 2.65. The Morgan fingerprint density at radius 2 is 1.64 bits per heavy atom. The van der Waals surface area contributed by atoms with Crippen molar-refractivity contribution in [3.05, 3.63) is 90.0 Å². The Morgan fingerprint density at radius 1 is 0.939 bits per heavy atom. The minimum Gasteiger partial charge on any atom is -0.496 e. The first-order chi connectivity index (χ1) is 15.8. The van der Waals surface area contributed by atoms with E-state index in [4.69, 9.17) is 9.47 Å². The zero-order chi connectivity index (χ0) is 23.8. The maximum atomic E-state index is 12.9. The molecule has 0 aliphatic rings. The minimum absolute atomic E-state index is 0.0232. The topological polar surface area (TPSA) is 102 Å². The highest BCUT2D eigenvalue weighted by molar-refractivity contribution is 7.92. The molecule has 0 atom stereocenters. The molecular weight excluding hydrogens is 444 g/mol. The number of benzene rings is 3. The summed E-state index contributed by atoms with van der Waals surface area (Å²) in [6, 6.07) is 21.3. The Morgan fingerprint density at radius 3 is 2.36 bits per heavy atom. The molecule has 0 radical (unpaired) electrons. The van der Waals surface area contributed by atoms with Gasteiger partial charge in [0, 0.05) is 19.2 Å². The molecule has 0 aliphatic carbocycles. The lowest BCUT2D eigenvalue weighted by Gasteiger charge is -2.19. The molecule has 3 rings (SSSR count). The number of carbonyl (C=O) groups is 2. The van der Waals surface area contributed by atoms with Crippen molar-refractivity contribution in [1.29, 1.82) is 0 Å². The van der Waals surface area contributed by atoms with E-state index in [0.29, 0.717) is 11.4 Å². The molecule has 3 aromatic rings. The van der Waals surface area contributed by atoms with Crippen LogP contribution in [0.5, 0.6) is 5.75 Å². The smallest absolute Gasteiger partial charge is 0.338 e. The average Bonchev–Trinajstić information content (AvgIpc) is 2.86. The second-order valence-corrected chi connectivity index (χ2v) is 8.97. The van der Waals surface area contributed by atoms with Gasteiger partial charge in [0.05, 0.1) is 23.3 Å². The third-order valence-electron chi connectivity index (χ3n) is 4.85. The SMILES string of the molecule is COc1ccccc1CNC(=O)COC(=O)c1cccc(S(=O)(=O)N(C)c2ccccc2)c1. The molecule has 0 heterocycles. The van der Waals surface area contributed by atoms with Crippen LogP contribution in [-0.4, -0.2) is 41.1 Å². The van der Waals surface area contributed by atoms with Crippen LogP contribution >= 0.6 is 0 Å². The van der Waals surface area contributed by atoms with Crippen LogP contribution in [0.25, 0.3) is 0 Å². The normalized spacial score (nSPS) is 10.8. The second kappa shape index (κ2) is 10.6. The molecule has 33 heavy (non-hydrogen) atoms. The first kappa shape index (κ1) is 23.8. The van der Waals surface area contributed by atoms with Crippen LogP contribution < -0.4 is 14.4 Å². The number of rotatable bonds is 9. The van der Waals surface area contributed by atoms with Crippen molar-refractivity contribution in [2.45, 2.75) is 11.4 Å². The molecule has 1 amide bonds. The predicted octanol–water partition coefficient (Wildman–Crippen LogP) is 2.99. The zero-order valence-corrected chi connectivity index (χ0v) is 19.0. The van der Waals surface area contributed by atoms with E-state index in [2.05, 4.69) is 5.32 Å². The first-order valence-corrected chi connectivity index (χ1v) is 11.5. The van der Waals surface area contributed by atoms with Crippen molar-refractivity contribution in [2.75, 3.05) is 25.1 Å². The highest BCUT2D eigenvalue weighted by Gasteiger charge is 2.23. The van der Waals surface area contributed by atoms with Gasteiger partial charge in [0.15, 0.2) is 6.61 Å². The summed E-state index contributed by atoms with van der Waals surface area (Å²) in [5.74, 6) is -0.669. The van der Waals surface area contributed by atoms with Crippen LogP contribution in [0, 0.1) is 0 Å². The summed E-state index contributed by atoms with van der Waals surface area (Å²) in [6.07, 6.45) is 0. The maximum absolute atomic E-state index is 12.9. The van der Waals surface area contributed by atoms with E-state index >= 15 is 0 Å². The number of nitrogens with one attached hydrogen (secondary N) is 1. The van der Waals surface area contributed by atoms with Crippen molar-refractivity contribution >= 4 is 27.6 Å². The highest BCUT2D eigenvalue weighted by Crippen LogP contribution is 2.22. The fraction of sp³-hybridized carbons (Fsp3) is 0.167. The maximum Gasteiger partial charge on any atom is 0.338 e. The number of ether oxygens (including phenoxy) is 2. The summed E-state index contributed by atoms with van der Waals surface area (Å²) in [7, 11) is -0.922. The largest absolute Gasteiger partial charge is 0.496 e. The van der Waals surface area contributed by atoms with Gasteiger partial charge < -0.3 is 14.8 Å². The van der Waals surface area contributed by atoms with Gasteiger partial charge in [0.1, 0.15) is 5.75 Å². The lowest BCUT2D eigenvalue weighted by atomic mass is 10.2. The van der Waals surface area contributed by atoms with E-state index < -0.39 is 28.5 Å². The molecule has 9 heteroatoms. The summed E-state index contributed by atoms with van der Waals surface area (Å²) in [4.78, 5) is 24.4. The molecule has 1 N–H and O–H groups in total. The summed E-state index contributed by atoms with van der Waals surface area (Å²) in [5.41, 5.74) is 1.28.